The van der Waals surface area contributed by atoms with Gasteiger partial charge in [0, 0.05) is 12.8 Å². The van der Waals surface area contributed by atoms with E-state index in [4.69, 9.17) is 9.84 Å². The van der Waals surface area contributed by atoms with E-state index in [1.807, 2.05) is 0 Å². The van der Waals surface area contributed by atoms with Crippen molar-refractivity contribution < 1.29 is 23.1 Å². The van der Waals surface area contributed by atoms with Crippen molar-refractivity contribution in [3.05, 3.63) is 18.0 Å². The first-order valence-corrected chi connectivity index (χ1v) is 8.01. The van der Waals surface area contributed by atoms with Crippen LogP contribution in [0.4, 0.5) is 0 Å². The summed E-state index contributed by atoms with van der Waals surface area (Å²) in [6, 6.07) is 0.891. The zero-order chi connectivity index (χ0) is 14.3. The Morgan fingerprint density at radius 1 is 1.40 bits per heavy atom. The normalized spacial score (nSPS) is 26.8. The van der Waals surface area contributed by atoms with Crippen molar-refractivity contribution in [2.75, 3.05) is 6.61 Å². The maximum atomic E-state index is 12.2. The van der Waals surface area contributed by atoms with Crippen molar-refractivity contribution >= 4 is 16.0 Å². The molecule has 3 rings (SSSR count). The lowest BCUT2D eigenvalue weighted by Crippen LogP contribution is -2.41. The quantitative estimate of drug-likeness (QED) is 0.736. The third-order valence-electron chi connectivity index (χ3n) is 3.73. The predicted octanol–water partition coefficient (Wildman–Crippen LogP) is 0.559. The highest BCUT2D eigenvalue weighted by molar-refractivity contribution is 7.89. The second kappa shape index (κ2) is 4.87. The summed E-state index contributed by atoms with van der Waals surface area (Å²) in [5.41, 5.74) is -0.146. The summed E-state index contributed by atoms with van der Waals surface area (Å²) in [4.78, 5) is 13.1. The lowest BCUT2D eigenvalue weighted by Gasteiger charge is -2.18. The van der Waals surface area contributed by atoms with E-state index in [1.54, 1.807) is 0 Å². The Balaban J connectivity index is 1.75. The van der Waals surface area contributed by atoms with Crippen LogP contribution in [0.3, 0.4) is 0 Å². The van der Waals surface area contributed by atoms with Crippen molar-refractivity contribution in [3.8, 4) is 0 Å². The summed E-state index contributed by atoms with van der Waals surface area (Å²) < 4.78 is 32.7. The zero-order valence-electron chi connectivity index (χ0n) is 10.7. The SMILES string of the molecule is O=C(O)c1cc(S(=O)(=O)NC2CCOC2C2CC2)c[nH]1. The third-order valence-corrected chi connectivity index (χ3v) is 5.20. The second-order valence-corrected chi connectivity index (χ2v) is 6.96. The molecule has 1 aromatic rings. The Morgan fingerprint density at radius 2 is 2.15 bits per heavy atom. The van der Waals surface area contributed by atoms with Gasteiger partial charge in [-0.05, 0) is 31.2 Å². The molecule has 2 aliphatic rings. The van der Waals surface area contributed by atoms with Crippen LogP contribution >= 0.6 is 0 Å². The first kappa shape index (κ1) is 13.6. The third kappa shape index (κ3) is 2.58. The molecule has 0 radical (unpaired) electrons. The summed E-state index contributed by atoms with van der Waals surface area (Å²) in [7, 11) is -3.72. The number of aromatic amines is 1. The molecule has 0 spiro atoms. The predicted molar refractivity (Wildman–Crippen MR) is 68.9 cm³/mol. The van der Waals surface area contributed by atoms with E-state index in [0.29, 0.717) is 18.9 Å². The van der Waals surface area contributed by atoms with Crippen LogP contribution in [0.2, 0.25) is 0 Å². The average Bonchev–Trinajstić information content (AvgIpc) is 2.92. The van der Waals surface area contributed by atoms with Gasteiger partial charge in [0.15, 0.2) is 0 Å². The molecule has 1 aliphatic carbocycles. The number of ether oxygens (including phenoxy) is 1. The van der Waals surface area contributed by atoms with Crippen molar-refractivity contribution in [1.29, 1.82) is 0 Å². The van der Waals surface area contributed by atoms with Gasteiger partial charge in [-0.3, -0.25) is 0 Å². The molecule has 8 heteroatoms. The molecule has 7 nitrogen and oxygen atoms in total. The molecule has 0 bridgehead atoms. The summed E-state index contributed by atoms with van der Waals surface area (Å²) in [5.74, 6) is -0.738. The maximum Gasteiger partial charge on any atom is 0.352 e. The van der Waals surface area contributed by atoms with Gasteiger partial charge in [0.2, 0.25) is 10.0 Å². The number of H-pyrrole nitrogens is 1. The molecule has 1 saturated carbocycles. The molecule has 3 N–H and O–H groups in total. The van der Waals surface area contributed by atoms with Gasteiger partial charge in [-0.25, -0.2) is 17.9 Å². The van der Waals surface area contributed by atoms with E-state index < -0.39 is 16.0 Å². The number of hydrogen-bond donors (Lipinski definition) is 3. The number of sulfonamides is 1. The number of carboxylic acids is 1. The van der Waals surface area contributed by atoms with Crippen LogP contribution < -0.4 is 4.72 Å². The van der Waals surface area contributed by atoms with Gasteiger partial charge in [0.05, 0.1) is 12.1 Å². The Labute approximate surface area is 116 Å². The van der Waals surface area contributed by atoms with Crippen LogP contribution in [0.1, 0.15) is 29.8 Å². The largest absolute Gasteiger partial charge is 0.477 e. The fraction of sp³-hybridized carbons (Fsp3) is 0.583. The summed E-state index contributed by atoms with van der Waals surface area (Å²) >= 11 is 0. The van der Waals surface area contributed by atoms with E-state index in [-0.39, 0.29) is 22.7 Å². The van der Waals surface area contributed by atoms with Crippen molar-refractivity contribution in [3.63, 3.8) is 0 Å². The summed E-state index contributed by atoms with van der Waals surface area (Å²) in [6.07, 6.45) is 3.94. The number of carbonyl (C=O) groups is 1. The van der Waals surface area contributed by atoms with Gasteiger partial charge in [-0.2, -0.15) is 0 Å². The first-order valence-electron chi connectivity index (χ1n) is 6.53. The highest BCUT2D eigenvalue weighted by atomic mass is 32.2. The van der Waals surface area contributed by atoms with Crippen LogP contribution in [-0.4, -0.2) is 43.2 Å². The van der Waals surface area contributed by atoms with E-state index >= 15 is 0 Å². The monoisotopic (exact) mass is 300 g/mol. The number of nitrogens with one attached hydrogen (secondary N) is 2. The topological polar surface area (TPSA) is 108 Å². The Kier molecular flexibility index (Phi) is 3.31. The Morgan fingerprint density at radius 3 is 2.75 bits per heavy atom. The molecule has 1 saturated heterocycles. The lowest BCUT2D eigenvalue weighted by molar-refractivity contribution is 0.0691. The van der Waals surface area contributed by atoms with E-state index in [9.17, 15) is 13.2 Å². The number of rotatable bonds is 5. The Bertz CT molecular complexity index is 620. The van der Waals surface area contributed by atoms with Crippen LogP contribution in [0.15, 0.2) is 17.2 Å². The summed E-state index contributed by atoms with van der Waals surface area (Å²) in [6.45, 7) is 0.557. The number of carboxylic acid groups (broad SMARTS) is 1. The highest BCUT2D eigenvalue weighted by Crippen LogP contribution is 2.39. The molecule has 2 fully saturated rings. The number of hydrogen-bond acceptors (Lipinski definition) is 4. The smallest absolute Gasteiger partial charge is 0.352 e. The maximum absolute atomic E-state index is 12.2. The number of aromatic carboxylic acids is 1. The van der Waals surface area contributed by atoms with Crippen LogP contribution in [-0.2, 0) is 14.8 Å². The summed E-state index contributed by atoms with van der Waals surface area (Å²) in [5, 5.41) is 8.80. The van der Waals surface area contributed by atoms with Gasteiger partial charge in [-0.1, -0.05) is 0 Å². The fourth-order valence-electron chi connectivity index (χ4n) is 2.55. The molecule has 110 valence electrons. The molecule has 2 atom stereocenters. The molecule has 2 heterocycles. The molecular formula is C12H16N2O5S. The molecule has 2 unspecified atom stereocenters. The van der Waals surface area contributed by atoms with Crippen molar-refractivity contribution in [2.45, 2.75) is 36.3 Å². The van der Waals surface area contributed by atoms with E-state index in [1.165, 1.54) is 6.20 Å². The van der Waals surface area contributed by atoms with Crippen LogP contribution in [0.5, 0.6) is 0 Å². The molecular weight excluding hydrogens is 284 g/mol. The van der Waals surface area contributed by atoms with E-state index in [0.717, 1.165) is 18.9 Å². The van der Waals surface area contributed by atoms with Gasteiger partial charge < -0.3 is 14.8 Å². The van der Waals surface area contributed by atoms with Gasteiger partial charge in [0.25, 0.3) is 0 Å². The first-order chi connectivity index (χ1) is 9.47. The standard InChI is InChI=1S/C12H16N2O5S/c15-12(16)10-5-8(6-13-10)20(17,18)14-9-3-4-19-11(9)7-1-2-7/h5-7,9,11,13-14H,1-4H2,(H,15,16). The second-order valence-electron chi connectivity index (χ2n) is 5.24. The van der Waals surface area contributed by atoms with Crippen molar-refractivity contribution in [2.24, 2.45) is 5.92 Å². The zero-order valence-corrected chi connectivity index (χ0v) is 11.5. The lowest BCUT2D eigenvalue weighted by atomic mass is 10.1. The van der Waals surface area contributed by atoms with Gasteiger partial charge in [-0.15, -0.1) is 0 Å². The molecule has 20 heavy (non-hydrogen) atoms. The molecule has 1 aromatic heterocycles. The minimum Gasteiger partial charge on any atom is -0.477 e. The molecule has 1 aliphatic heterocycles. The fourth-order valence-corrected chi connectivity index (χ4v) is 3.82. The Hall–Kier alpha value is -1.38. The molecule has 0 amide bonds. The minimum absolute atomic E-state index is 0.0531. The number of aromatic nitrogens is 1. The van der Waals surface area contributed by atoms with Crippen LogP contribution in [0, 0.1) is 5.92 Å². The molecule has 0 aromatic carbocycles. The average molecular weight is 300 g/mol. The van der Waals surface area contributed by atoms with Crippen molar-refractivity contribution in [1.82, 2.24) is 9.71 Å². The highest BCUT2D eigenvalue weighted by Gasteiger charge is 2.42. The van der Waals surface area contributed by atoms with E-state index in [2.05, 4.69) is 9.71 Å². The van der Waals surface area contributed by atoms with Gasteiger partial charge in [0.1, 0.15) is 10.6 Å². The van der Waals surface area contributed by atoms with Gasteiger partial charge >= 0.3 is 5.97 Å². The minimum atomic E-state index is -3.72. The van der Waals surface area contributed by atoms with Crippen LogP contribution in [0.25, 0.3) is 0 Å².